The first kappa shape index (κ1) is 39.3. The predicted octanol–water partition coefficient (Wildman–Crippen LogP) is 15.1. The van der Waals surface area contributed by atoms with Crippen LogP contribution in [0, 0.1) is 0 Å². The van der Waals surface area contributed by atoms with E-state index in [0.29, 0.717) is 0 Å². The van der Waals surface area contributed by atoms with Gasteiger partial charge in [-0.2, -0.15) is 0 Å². The van der Waals surface area contributed by atoms with Gasteiger partial charge in [-0.05, 0) is 95.1 Å². The number of hydrogen-bond acceptors (Lipinski definition) is 7. The summed E-state index contributed by atoms with van der Waals surface area (Å²) in [5.74, 6) is 1.55. The maximum Gasteiger partial charge on any atom is 0.195 e. The van der Waals surface area contributed by atoms with Crippen molar-refractivity contribution in [3.8, 4) is 33.8 Å². The summed E-state index contributed by atoms with van der Waals surface area (Å²) in [6.45, 7) is 0. The Hall–Kier alpha value is -7.29. The molecule has 4 nitrogen and oxygen atoms in total. The van der Waals surface area contributed by atoms with E-state index in [1.165, 1.54) is 0 Å². The molecular formula is C58H36O4S3. The van der Waals surface area contributed by atoms with Crippen LogP contribution in [0.4, 0.5) is 0 Å². The van der Waals surface area contributed by atoms with Gasteiger partial charge in [0.1, 0.15) is 11.5 Å². The highest BCUT2D eigenvalue weighted by atomic mass is 32.2. The molecular weight excluding hydrogens is 857 g/mol. The molecule has 0 unspecified atom stereocenters. The second-order valence-electron chi connectivity index (χ2n) is 16.2. The van der Waals surface area contributed by atoms with E-state index in [9.17, 15) is 9.59 Å². The predicted molar refractivity (Wildman–Crippen MR) is 274 cm³/mol. The third-order valence-electron chi connectivity index (χ3n) is 12.5. The molecule has 65 heavy (non-hydrogen) atoms. The fraction of sp³-hybridized carbons (Fsp3) is 0.0345. The third-order valence-corrected chi connectivity index (χ3v) is 15.8. The van der Waals surface area contributed by atoms with Crippen LogP contribution in [0.2, 0.25) is 0 Å². The first-order valence-corrected chi connectivity index (χ1v) is 23.8. The zero-order valence-corrected chi connectivity index (χ0v) is 37.4. The molecule has 0 aliphatic carbocycles. The molecule has 0 spiro atoms. The standard InChI is InChI=1S/C58H36O4S3/c1-61-49-33-48-54(63-41-11-3-2-4-12-41)34-58(62-57(48)43-14-6-5-13-42(43)49,39-25-19-35(20-26-39)37-23-29-52-46(31-37)55(59)44-15-7-9-17-50(44)64-52)40-27-21-36(22-28-40)38-24-30-53-47(32-38)56(60)45-16-8-10-18-51(45)65-53/h2-34H,1H3. The summed E-state index contributed by atoms with van der Waals surface area (Å²) in [7, 11) is 1.71. The first-order chi connectivity index (χ1) is 31.9. The van der Waals surface area contributed by atoms with Crippen molar-refractivity contribution in [1.82, 2.24) is 0 Å². The van der Waals surface area contributed by atoms with Gasteiger partial charge in [-0.25, -0.2) is 0 Å². The summed E-state index contributed by atoms with van der Waals surface area (Å²) in [4.78, 5) is 29.6. The van der Waals surface area contributed by atoms with E-state index in [4.69, 9.17) is 9.47 Å². The van der Waals surface area contributed by atoms with Gasteiger partial charge in [0.25, 0.3) is 0 Å². The lowest BCUT2D eigenvalue weighted by Crippen LogP contribution is -2.35. The smallest absolute Gasteiger partial charge is 0.195 e. The number of ether oxygens (including phenoxy) is 2. The minimum absolute atomic E-state index is 0.0492. The van der Waals surface area contributed by atoms with E-state index in [0.717, 1.165) is 111 Å². The number of thioether (sulfide) groups is 1. The van der Waals surface area contributed by atoms with Crippen molar-refractivity contribution in [1.29, 1.82) is 0 Å². The Morgan fingerprint density at radius 2 is 0.923 bits per heavy atom. The average Bonchev–Trinajstić information content (AvgIpc) is 3.36. The zero-order valence-electron chi connectivity index (χ0n) is 34.9. The normalized spacial score (nSPS) is 13.2. The van der Waals surface area contributed by atoms with Gasteiger partial charge < -0.3 is 9.47 Å². The molecule has 3 heterocycles. The van der Waals surface area contributed by atoms with Gasteiger partial charge in [-0.15, -0.1) is 22.7 Å². The molecule has 9 aromatic carbocycles. The van der Waals surface area contributed by atoms with Crippen molar-refractivity contribution in [2.45, 2.75) is 10.5 Å². The summed E-state index contributed by atoms with van der Waals surface area (Å²) < 4.78 is 17.5. The molecule has 0 saturated carbocycles. The highest BCUT2D eigenvalue weighted by molar-refractivity contribution is 8.08. The van der Waals surface area contributed by atoms with Crippen molar-refractivity contribution in [2.24, 2.45) is 0 Å². The van der Waals surface area contributed by atoms with Crippen LogP contribution in [0.3, 0.4) is 0 Å². The van der Waals surface area contributed by atoms with Crippen LogP contribution in [-0.2, 0) is 5.60 Å². The molecule has 310 valence electrons. The topological polar surface area (TPSA) is 52.6 Å². The SMILES string of the molecule is COc1cc2c(c3ccccc13)OC(c1ccc(-c3ccc4sc5ccccc5c(=O)c4c3)cc1)(c1ccc(-c3ccc4sc5ccccc5c(=O)c4c3)cc1)C=C2Sc1ccccc1. The van der Waals surface area contributed by atoms with E-state index in [1.54, 1.807) is 41.5 Å². The van der Waals surface area contributed by atoms with E-state index in [-0.39, 0.29) is 10.9 Å². The minimum atomic E-state index is -1.07. The molecule has 0 bridgehead atoms. The number of rotatable bonds is 7. The maximum atomic E-state index is 13.7. The van der Waals surface area contributed by atoms with Crippen molar-refractivity contribution in [2.75, 3.05) is 7.11 Å². The van der Waals surface area contributed by atoms with Gasteiger partial charge in [0, 0.05) is 77.6 Å². The van der Waals surface area contributed by atoms with E-state index >= 15 is 0 Å². The van der Waals surface area contributed by atoms with Gasteiger partial charge in [0.05, 0.1) is 7.11 Å². The second-order valence-corrected chi connectivity index (χ2v) is 19.5. The van der Waals surface area contributed by atoms with E-state index in [2.05, 4.69) is 121 Å². The first-order valence-electron chi connectivity index (χ1n) is 21.3. The van der Waals surface area contributed by atoms with Crippen LogP contribution < -0.4 is 20.3 Å². The van der Waals surface area contributed by atoms with Crippen LogP contribution in [0.25, 0.3) is 78.3 Å². The lowest BCUT2D eigenvalue weighted by atomic mass is 9.82. The molecule has 0 N–H and O–H groups in total. The number of hydrogen-bond donors (Lipinski definition) is 0. The highest BCUT2D eigenvalue weighted by Crippen LogP contribution is 2.54. The molecule has 0 fully saturated rings. The Morgan fingerprint density at radius 3 is 1.46 bits per heavy atom. The lowest BCUT2D eigenvalue weighted by Gasteiger charge is -2.39. The fourth-order valence-corrected chi connectivity index (χ4v) is 12.3. The second kappa shape index (κ2) is 15.8. The van der Waals surface area contributed by atoms with Gasteiger partial charge in [-0.1, -0.05) is 139 Å². The summed E-state index contributed by atoms with van der Waals surface area (Å²) in [5.41, 5.74) is 5.80. The Bertz CT molecular complexity index is 3680. The van der Waals surface area contributed by atoms with Crippen LogP contribution in [0.5, 0.6) is 11.5 Å². The molecule has 0 radical (unpaired) electrons. The minimum Gasteiger partial charge on any atom is -0.496 e. The lowest BCUT2D eigenvalue weighted by molar-refractivity contribution is 0.163. The monoisotopic (exact) mass is 892 g/mol. The van der Waals surface area contributed by atoms with E-state index in [1.807, 2.05) is 78.9 Å². The van der Waals surface area contributed by atoms with Crippen LogP contribution in [0.15, 0.2) is 215 Å². The average molecular weight is 893 g/mol. The van der Waals surface area contributed by atoms with Crippen molar-refractivity contribution in [3.05, 3.63) is 237 Å². The number of methoxy groups -OCH3 is 1. The molecule has 1 aliphatic rings. The zero-order chi connectivity index (χ0) is 43.6. The Labute approximate surface area is 386 Å². The number of benzene rings is 9. The summed E-state index contributed by atoms with van der Waals surface area (Å²) >= 11 is 4.98. The molecule has 7 heteroatoms. The maximum absolute atomic E-state index is 13.7. The van der Waals surface area contributed by atoms with Crippen molar-refractivity contribution >= 4 is 90.5 Å². The van der Waals surface area contributed by atoms with Gasteiger partial charge >= 0.3 is 0 Å². The Morgan fingerprint density at radius 1 is 0.462 bits per heavy atom. The molecule has 0 saturated heterocycles. The van der Waals surface area contributed by atoms with E-state index < -0.39 is 5.60 Å². The van der Waals surface area contributed by atoms with Gasteiger partial charge in [0.15, 0.2) is 16.5 Å². The summed E-state index contributed by atoms with van der Waals surface area (Å²) in [6, 6.07) is 65.9. The quantitative estimate of drug-likeness (QED) is 0.149. The van der Waals surface area contributed by atoms with Crippen LogP contribution >= 0.6 is 34.4 Å². The van der Waals surface area contributed by atoms with Crippen LogP contribution in [0.1, 0.15) is 16.7 Å². The molecule has 2 aromatic heterocycles. The van der Waals surface area contributed by atoms with Gasteiger partial charge in [0.2, 0.25) is 0 Å². The molecule has 12 rings (SSSR count). The Kier molecular flexibility index (Phi) is 9.53. The molecule has 11 aromatic rings. The molecule has 1 aliphatic heterocycles. The highest BCUT2D eigenvalue weighted by Gasteiger charge is 2.41. The van der Waals surface area contributed by atoms with Crippen molar-refractivity contribution < 1.29 is 9.47 Å². The van der Waals surface area contributed by atoms with Crippen molar-refractivity contribution in [3.63, 3.8) is 0 Å². The summed E-state index contributed by atoms with van der Waals surface area (Å²) in [6.07, 6.45) is 2.25. The molecule has 0 atom stereocenters. The Balaban J connectivity index is 1.03. The largest absolute Gasteiger partial charge is 0.496 e. The summed E-state index contributed by atoms with van der Waals surface area (Å²) in [5, 5.41) is 4.84. The van der Waals surface area contributed by atoms with Gasteiger partial charge in [-0.3, -0.25) is 9.59 Å². The third kappa shape index (κ3) is 6.65. The molecule has 0 amide bonds. The van der Waals surface area contributed by atoms with Crippen LogP contribution in [-0.4, -0.2) is 7.11 Å². The fourth-order valence-electron chi connectivity index (χ4n) is 9.17. The number of fused-ring (bicyclic) bond motifs is 7.